The highest BCUT2D eigenvalue weighted by molar-refractivity contribution is 8.00. The number of hydrogen-bond donors (Lipinski definition) is 1. The minimum atomic E-state index is -0.124. The average molecular weight is 360 g/mol. The molecular formula is C18H20N2O4S. The largest absolute Gasteiger partial charge is 0.496 e. The summed E-state index contributed by atoms with van der Waals surface area (Å²) in [6.45, 7) is 0.725. The lowest BCUT2D eigenvalue weighted by Gasteiger charge is -2.25. The molecule has 0 aliphatic carbocycles. The summed E-state index contributed by atoms with van der Waals surface area (Å²) in [6, 6.07) is 11.2. The van der Waals surface area contributed by atoms with E-state index in [1.54, 1.807) is 42.2 Å². The molecule has 3 rings (SSSR count). The normalized spacial score (nSPS) is 16.9. The van der Waals surface area contributed by atoms with Crippen LogP contribution in [0, 0.1) is 0 Å². The van der Waals surface area contributed by atoms with Gasteiger partial charge >= 0.3 is 0 Å². The standard InChI is InChI=1S/C18H20N2O4S/c1-23-15-7-3-2-6-14(15)18-20(17(22)12-25-18)9-8-16(21)19-11-13-5-4-10-24-13/h2-7,10,18H,8-9,11-12H2,1H3,(H,19,21)/t18-/m1/s1. The van der Waals surface area contributed by atoms with Crippen LogP contribution in [0.2, 0.25) is 0 Å². The van der Waals surface area contributed by atoms with E-state index >= 15 is 0 Å². The number of nitrogens with one attached hydrogen (secondary N) is 1. The quantitative estimate of drug-likeness (QED) is 0.822. The molecule has 7 heteroatoms. The highest BCUT2D eigenvalue weighted by Gasteiger charge is 2.34. The first-order valence-electron chi connectivity index (χ1n) is 8.02. The molecule has 2 aromatic rings. The number of carbonyl (C=O) groups is 2. The third-order valence-electron chi connectivity index (χ3n) is 3.99. The van der Waals surface area contributed by atoms with Gasteiger partial charge in [0.2, 0.25) is 11.8 Å². The third-order valence-corrected chi connectivity index (χ3v) is 5.23. The second kappa shape index (κ2) is 8.11. The van der Waals surface area contributed by atoms with Gasteiger partial charge in [-0.3, -0.25) is 9.59 Å². The minimum Gasteiger partial charge on any atom is -0.496 e. The lowest BCUT2D eigenvalue weighted by molar-refractivity contribution is -0.129. The fourth-order valence-corrected chi connectivity index (χ4v) is 3.98. The number of amides is 2. The summed E-state index contributed by atoms with van der Waals surface area (Å²) in [4.78, 5) is 26.0. The SMILES string of the molecule is COc1ccccc1[C@H]1SCC(=O)N1CCC(=O)NCc1ccco1. The van der Waals surface area contributed by atoms with E-state index in [0.717, 1.165) is 11.3 Å². The van der Waals surface area contributed by atoms with Crippen molar-refractivity contribution in [2.45, 2.75) is 18.3 Å². The van der Waals surface area contributed by atoms with Gasteiger partial charge in [-0.2, -0.15) is 0 Å². The number of thioether (sulfide) groups is 1. The molecule has 1 aliphatic heterocycles. The van der Waals surface area contributed by atoms with Crippen LogP contribution >= 0.6 is 11.8 Å². The first-order chi connectivity index (χ1) is 12.2. The number of rotatable bonds is 7. The molecule has 0 unspecified atom stereocenters. The van der Waals surface area contributed by atoms with Gasteiger partial charge in [0.1, 0.15) is 16.9 Å². The van der Waals surface area contributed by atoms with Crippen LogP contribution in [0.1, 0.15) is 23.1 Å². The summed E-state index contributed by atoms with van der Waals surface area (Å²) in [5.41, 5.74) is 0.955. The number of benzene rings is 1. The van der Waals surface area contributed by atoms with Gasteiger partial charge < -0.3 is 19.4 Å². The van der Waals surface area contributed by atoms with E-state index < -0.39 is 0 Å². The van der Waals surface area contributed by atoms with Crippen LogP contribution in [0.3, 0.4) is 0 Å². The number of furan rings is 1. The molecule has 0 spiro atoms. The fourth-order valence-electron chi connectivity index (χ4n) is 2.73. The van der Waals surface area contributed by atoms with Crippen molar-refractivity contribution in [2.24, 2.45) is 0 Å². The summed E-state index contributed by atoms with van der Waals surface area (Å²) < 4.78 is 10.6. The number of methoxy groups -OCH3 is 1. The van der Waals surface area contributed by atoms with Gasteiger partial charge in [-0.05, 0) is 18.2 Å². The molecule has 1 fully saturated rings. The smallest absolute Gasteiger partial charge is 0.233 e. The predicted octanol–water partition coefficient (Wildman–Crippen LogP) is 2.57. The van der Waals surface area contributed by atoms with Crippen LogP contribution in [0.15, 0.2) is 47.1 Å². The zero-order valence-electron chi connectivity index (χ0n) is 13.9. The Morgan fingerprint density at radius 3 is 2.96 bits per heavy atom. The Morgan fingerprint density at radius 2 is 2.20 bits per heavy atom. The van der Waals surface area contributed by atoms with Crippen molar-refractivity contribution in [3.8, 4) is 5.75 Å². The second-order valence-electron chi connectivity index (χ2n) is 5.60. The molecule has 6 nitrogen and oxygen atoms in total. The van der Waals surface area contributed by atoms with E-state index in [9.17, 15) is 9.59 Å². The molecule has 25 heavy (non-hydrogen) atoms. The summed E-state index contributed by atoms with van der Waals surface area (Å²) >= 11 is 1.55. The van der Waals surface area contributed by atoms with Crippen molar-refractivity contribution in [1.82, 2.24) is 10.2 Å². The number of para-hydroxylation sites is 1. The third kappa shape index (κ3) is 4.17. The molecule has 0 bridgehead atoms. The summed E-state index contributed by atoms with van der Waals surface area (Å²) in [5, 5.41) is 2.68. The highest BCUT2D eigenvalue weighted by Crippen LogP contribution is 2.42. The van der Waals surface area contributed by atoms with Gasteiger partial charge in [-0.25, -0.2) is 0 Å². The van der Waals surface area contributed by atoms with Crippen molar-refractivity contribution in [3.63, 3.8) is 0 Å². The lowest BCUT2D eigenvalue weighted by atomic mass is 10.1. The Labute approximate surface area is 150 Å². The van der Waals surface area contributed by atoms with Crippen molar-refractivity contribution in [2.75, 3.05) is 19.4 Å². The molecule has 0 radical (unpaired) electrons. The molecular weight excluding hydrogens is 340 g/mol. The number of ether oxygens (including phenoxy) is 1. The zero-order chi connectivity index (χ0) is 17.6. The maximum Gasteiger partial charge on any atom is 0.233 e. The van der Waals surface area contributed by atoms with Gasteiger partial charge in [0.15, 0.2) is 0 Å². The molecule has 1 aromatic carbocycles. The molecule has 132 valence electrons. The molecule has 2 heterocycles. The minimum absolute atomic E-state index is 0.0414. The van der Waals surface area contributed by atoms with E-state index in [1.807, 2.05) is 24.3 Å². The molecule has 1 atom stereocenters. The van der Waals surface area contributed by atoms with Crippen LogP contribution < -0.4 is 10.1 Å². The van der Waals surface area contributed by atoms with E-state index in [0.29, 0.717) is 24.6 Å². The van der Waals surface area contributed by atoms with Crippen LogP contribution in [-0.4, -0.2) is 36.1 Å². The lowest BCUT2D eigenvalue weighted by Crippen LogP contribution is -2.33. The van der Waals surface area contributed by atoms with E-state index in [4.69, 9.17) is 9.15 Å². The highest BCUT2D eigenvalue weighted by atomic mass is 32.2. The maximum atomic E-state index is 12.2. The van der Waals surface area contributed by atoms with Crippen molar-refractivity contribution < 1.29 is 18.7 Å². The number of hydrogen-bond acceptors (Lipinski definition) is 5. The Hall–Kier alpha value is -2.41. The monoisotopic (exact) mass is 360 g/mol. The summed E-state index contributed by atoms with van der Waals surface area (Å²) in [7, 11) is 1.62. The Kier molecular flexibility index (Phi) is 5.65. The molecule has 2 amide bonds. The number of carbonyl (C=O) groups excluding carboxylic acids is 2. The zero-order valence-corrected chi connectivity index (χ0v) is 14.8. The first-order valence-corrected chi connectivity index (χ1v) is 9.07. The fraction of sp³-hybridized carbons (Fsp3) is 0.333. The molecule has 1 aromatic heterocycles. The van der Waals surface area contributed by atoms with Gasteiger partial charge in [0, 0.05) is 18.5 Å². The first kappa shape index (κ1) is 17.4. The average Bonchev–Trinajstić information content (AvgIpc) is 3.28. The molecule has 1 saturated heterocycles. The van der Waals surface area contributed by atoms with Gasteiger partial charge in [0.05, 0.1) is 25.7 Å². The predicted molar refractivity (Wildman–Crippen MR) is 95.1 cm³/mol. The number of nitrogens with zero attached hydrogens (tertiary/aromatic N) is 1. The molecule has 1 aliphatic rings. The molecule has 0 saturated carbocycles. The van der Waals surface area contributed by atoms with Crippen molar-refractivity contribution >= 4 is 23.6 Å². The maximum absolute atomic E-state index is 12.2. The second-order valence-corrected chi connectivity index (χ2v) is 6.67. The van der Waals surface area contributed by atoms with Crippen LogP contribution in [-0.2, 0) is 16.1 Å². The topological polar surface area (TPSA) is 71.8 Å². The van der Waals surface area contributed by atoms with Gasteiger partial charge in [-0.1, -0.05) is 18.2 Å². The Balaban J connectivity index is 1.59. The van der Waals surface area contributed by atoms with Crippen LogP contribution in [0.4, 0.5) is 0 Å². The van der Waals surface area contributed by atoms with E-state index in [2.05, 4.69) is 5.32 Å². The van der Waals surface area contributed by atoms with E-state index in [-0.39, 0.29) is 23.6 Å². The summed E-state index contributed by atoms with van der Waals surface area (Å²) in [5.74, 6) is 1.80. The Morgan fingerprint density at radius 1 is 1.36 bits per heavy atom. The van der Waals surface area contributed by atoms with Crippen molar-refractivity contribution in [1.29, 1.82) is 0 Å². The molecule has 1 N–H and O–H groups in total. The van der Waals surface area contributed by atoms with Gasteiger partial charge in [-0.15, -0.1) is 11.8 Å². The summed E-state index contributed by atoms with van der Waals surface area (Å²) in [6.07, 6.45) is 1.82. The van der Waals surface area contributed by atoms with Crippen LogP contribution in [0.25, 0.3) is 0 Å². The van der Waals surface area contributed by atoms with E-state index in [1.165, 1.54) is 0 Å². The van der Waals surface area contributed by atoms with Crippen molar-refractivity contribution in [3.05, 3.63) is 54.0 Å². The van der Waals surface area contributed by atoms with Crippen LogP contribution in [0.5, 0.6) is 5.75 Å². The van der Waals surface area contributed by atoms with Gasteiger partial charge in [0.25, 0.3) is 0 Å². The Bertz CT molecular complexity index is 732.